The van der Waals surface area contributed by atoms with E-state index in [4.69, 9.17) is 5.11 Å². The van der Waals surface area contributed by atoms with Crippen molar-refractivity contribution in [2.75, 3.05) is 5.32 Å². The average molecular weight is 296 g/mol. The quantitative estimate of drug-likeness (QED) is 0.657. The number of nitrogens with zero attached hydrogens (tertiary/aromatic N) is 1. The van der Waals surface area contributed by atoms with E-state index in [9.17, 15) is 19.3 Å². The van der Waals surface area contributed by atoms with E-state index in [0.717, 1.165) is 18.9 Å². The van der Waals surface area contributed by atoms with Crippen molar-refractivity contribution in [1.82, 2.24) is 0 Å². The molecule has 2 rings (SSSR count). The lowest BCUT2D eigenvalue weighted by Gasteiger charge is -2.21. The molecule has 1 aromatic rings. The van der Waals surface area contributed by atoms with Crippen LogP contribution in [0, 0.1) is 27.8 Å². The van der Waals surface area contributed by atoms with Crippen molar-refractivity contribution < 1.29 is 19.2 Å². The first-order valence-electron chi connectivity index (χ1n) is 6.79. The van der Waals surface area contributed by atoms with Crippen LogP contribution in [0.25, 0.3) is 0 Å². The summed E-state index contributed by atoms with van der Waals surface area (Å²) in [7, 11) is 0. The molecule has 1 aliphatic carbocycles. The van der Waals surface area contributed by atoms with Gasteiger partial charge in [-0.05, 0) is 30.7 Å². The van der Waals surface area contributed by atoms with Gasteiger partial charge in [0.05, 0.1) is 16.7 Å². The summed E-state index contributed by atoms with van der Waals surface area (Å²) < 4.78 is 14.0. The molecule has 2 N–H and O–H groups in total. The fourth-order valence-electron chi connectivity index (χ4n) is 2.76. The lowest BCUT2D eigenvalue weighted by atomic mass is 9.97. The monoisotopic (exact) mass is 296 g/mol. The first-order chi connectivity index (χ1) is 9.81. The van der Waals surface area contributed by atoms with Crippen LogP contribution in [-0.2, 0) is 0 Å². The highest BCUT2D eigenvalue weighted by Gasteiger charge is 2.31. The number of halogens is 1. The SMILES string of the molecule is CC1CCC(Nc2cc(C(=O)O)c([N+](=O)[O-])cc2F)C1C. The molecule has 3 atom stereocenters. The molecule has 21 heavy (non-hydrogen) atoms. The van der Waals surface area contributed by atoms with E-state index in [1.165, 1.54) is 0 Å². The van der Waals surface area contributed by atoms with E-state index < -0.39 is 28.0 Å². The van der Waals surface area contributed by atoms with Crippen LogP contribution in [0.5, 0.6) is 0 Å². The van der Waals surface area contributed by atoms with Crippen LogP contribution >= 0.6 is 0 Å². The summed E-state index contributed by atoms with van der Waals surface area (Å²) in [6, 6.07) is 1.71. The average Bonchev–Trinajstić information content (AvgIpc) is 2.72. The van der Waals surface area contributed by atoms with E-state index in [0.29, 0.717) is 17.9 Å². The summed E-state index contributed by atoms with van der Waals surface area (Å²) in [5, 5.41) is 22.8. The lowest BCUT2D eigenvalue weighted by molar-refractivity contribution is -0.385. The van der Waals surface area contributed by atoms with Gasteiger partial charge in [-0.2, -0.15) is 0 Å². The molecule has 1 fully saturated rings. The lowest BCUT2D eigenvalue weighted by Crippen LogP contribution is -2.24. The predicted molar refractivity (Wildman–Crippen MR) is 75.0 cm³/mol. The van der Waals surface area contributed by atoms with E-state index in [1.54, 1.807) is 0 Å². The number of carbonyl (C=O) groups is 1. The number of nitro benzene ring substituents is 1. The first kappa shape index (κ1) is 15.2. The summed E-state index contributed by atoms with van der Waals surface area (Å²) in [6.07, 6.45) is 1.88. The fraction of sp³-hybridized carbons (Fsp3) is 0.500. The smallest absolute Gasteiger partial charge is 0.342 e. The van der Waals surface area contributed by atoms with Crippen LogP contribution < -0.4 is 5.32 Å². The summed E-state index contributed by atoms with van der Waals surface area (Å²) in [5.41, 5.74) is -1.25. The number of benzene rings is 1. The Morgan fingerprint density at radius 3 is 2.57 bits per heavy atom. The molecule has 0 spiro atoms. The van der Waals surface area contributed by atoms with Gasteiger partial charge in [0.15, 0.2) is 5.82 Å². The second-order valence-corrected chi connectivity index (χ2v) is 5.58. The van der Waals surface area contributed by atoms with Gasteiger partial charge in [0.1, 0.15) is 5.56 Å². The molecule has 7 heteroatoms. The molecule has 0 saturated heterocycles. The van der Waals surface area contributed by atoms with Crippen molar-refractivity contribution in [1.29, 1.82) is 0 Å². The number of aromatic carboxylic acids is 1. The van der Waals surface area contributed by atoms with Crippen LogP contribution in [-0.4, -0.2) is 22.0 Å². The number of carboxylic acid groups (broad SMARTS) is 1. The standard InChI is InChI=1S/C14H17FN2O4/c1-7-3-4-11(8(7)2)16-12-5-9(14(18)19)13(17(20)21)6-10(12)15/h5-8,11,16H,3-4H2,1-2H3,(H,18,19). The minimum absolute atomic E-state index is 0.00366. The van der Waals surface area contributed by atoms with Gasteiger partial charge in [-0.25, -0.2) is 9.18 Å². The van der Waals surface area contributed by atoms with Gasteiger partial charge in [-0.15, -0.1) is 0 Å². The fourth-order valence-corrected chi connectivity index (χ4v) is 2.76. The van der Waals surface area contributed by atoms with Gasteiger partial charge >= 0.3 is 5.97 Å². The van der Waals surface area contributed by atoms with Crippen molar-refractivity contribution >= 4 is 17.3 Å². The molecule has 3 unspecified atom stereocenters. The first-order valence-corrected chi connectivity index (χ1v) is 6.79. The van der Waals surface area contributed by atoms with Crippen LogP contribution in [0.2, 0.25) is 0 Å². The highest BCUT2D eigenvalue weighted by atomic mass is 19.1. The molecule has 6 nitrogen and oxygen atoms in total. The minimum Gasteiger partial charge on any atom is -0.477 e. The van der Waals surface area contributed by atoms with Crippen LogP contribution in [0.4, 0.5) is 15.8 Å². The Morgan fingerprint density at radius 2 is 2.10 bits per heavy atom. The molecule has 0 aromatic heterocycles. The highest BCUT2D eigenvalue weighted by molar-refractivity contribution is 5.93. The number of rotatable bonds is 4. The van der Waals surface area contributed by atoms with Crippen molar-refractivity contribution in [3.05, 3.63) is 33.6 Å². The minimum atomic E-state index is -1.45. The van der Waals surface area contributed by atoms with Gasteiger partial charge in [0.2, 0.25) is 0 Å². The van der Waals surface area contributed by atoms with E-state index in [1.807, 2.05) is 0 Å². The Balaban J connectivity index is 2.34. The zero-order chi connectivity index (χ0) is 15.7. The number of nitro groups is 1. The topological polar surface area (TPSA) is 92.5 Å². The molecule has 0 bridgehead atoms. The van der Waals surface area contributed by atoms with Gasteiger partial charge in [-0.1, -0.05) is 13.8 Å². The van der Waals surface area contributed by atoms with Crippen LogP contribution in [0.15, 0.2) is 12.1 Å². The Bertz CT molecular complexity index is 591. The summed E-state index contributed by atoms with van der Waals surface area (Å²) in [6.45, 7) is 4.16. The second-order valence-electron chi connectivity index (χ2n) is 5.58. The Kier molecular flexibility index (Phi) is 4.11. The maximum atomic E-state index is 14.0. The summed E-state index contributed by atoms with van der Waals surface area (Å²) >= 11 is 0. The van der Waals surface area contributed by atoms with E-state index in [2.05, 4.69) is 19.2 Å². The van der Waals surface area contributed by atoms with Crippen LogP contribution in [0.1, 0.15) is 37.0 Å². The summed E-state index contributed by atoms with van der Waals surface area (Å²) in [4.78, 5) is 21.0. The van der Waals surface area contributed by atoms with E-state index in [-0.39, 0.29) is 11.7 Å². The molecule has 0 aliphatic heterocycles. The number of hydrogen-bond acceptors (Lipinski definition) is 4. The third kappa shape index (κ3) is 2.96. The zero-order valence-corrected chi connectivity index (χ0v) is 11.8. The molecule has 1 aromatic carbocycles. The molecular formula is C14H17FN2O4. The van der Waals surface area contributed by atoms with Crippen molar-refractivity contribution in [3.63, 3.8) is 0 Å². The number of carboxylic acids is 1. The Morgan fingerprint density at radius 1 is 1.43 bits per heavy atom. The molecule has 0 amide bonds. The second kappa shape index (κ2) is 5.67. The largest absolute Gasteiger partial charge is 0.477 e. The van der Waals surface area contributed by atoms with Crippen molar-refractivity contribution in [3.8, 4) is 0 Å². The van der Waals surface area contributed by atoms with E-state index >= 15 is 0 Å². The third-order valence-electron chi connectivity index (χ3n) is 4.32. The molecule has 0 radical (unpaired) electrons. The van der Waals surface area contributed by atoms with Gasteiger partial charge in [0.25, 0.3) is 5.69 Å². The molecule has 0 heterocycles. The normalized spacial score (nSPS) is 24.8. The van der Waals surface area contributed by atoms with Gasteiger partial charge < -0.3 is 10.4 Å². The third-order valence-corrected chi connectivity index (χ3v) is 4.32. The van der Waals surface area contributed by atoms with Gasteiger partial charge in [0, 0.05) is 6.04 Å². The molecule has 114 valence electrons. The predicted octanol–water partition coefficient (Wildman–Crippen LogP) is 3.28. The van der Waals surface area contributed by atoms with Gasteiger partial charge in [-0.3, -0.25) is 10.1 Å². The van der Waals surface area contributed by atoms with Crippen molar-refractivity contribution in [2.45, 2.75) is 32.7 Å². The number of nitrogens with one attached hydrogen (secondary N) is 1. The Labute approximate surface area is 121 Å². The Hall–Kier alpha value is -2.18. The van der Waals surface area contributed by atoms with Crippen LogP contribution in [0.3, 0.4) is 0 Å². The number of anilines is 1. The zero-order valence-electron chi connectivity index (χ0n) is 11.8. The maximum Gasteiger partial charge on any atom is 0.342 e. The van der Waals surface area contributed by atoms with Crippen molar-refractivity contribution in [2.24, 2.45) is 11.8 Å². The highest BCUT2D eigenvalue weighted by Crippen LogP contribution is 2.35. The number of hydrogen-bond donors (Lipinski definition) is 2. The molecule has 1 aliphatic rings. The maximum absolute atomic E-state index is 14.0. The molecular weight excluding hydrogens is 279 g/mol. The summed E-state index contributed by atoms with van der Waals surface area (Å²) in [5.74, 6) is -1.42. The molecule has 1 saturated carbocycles.